The Kier molecular flexibility index (Phi) is 4.81. The van der Waals surface area contributed by atoms with Gasteiger partial charge in [-0.2, -0.15) is 0 Å². The van der Waals surface area contributed by atoms with Crippen LogP contribution in [0.3, 0.4) is 0 Å². The highest BCUT2D eigenvalue weighted by molar-refractivity contribution is 5.94. The number of piperazine rings is 1. The van der Waals surface area contributed by atoms with Crippen molar-refractivity contribution in [3.8, 4) is 0 Å². The van der Waals surface area contributed by atoms with Gasteiger partial charge < -0.3 is 9.80 Å². The standard InChI is InChI=1S/C24H26N6O/c1-16(2)21-26-27-22-19-6-4-5-7-20(19)25-24(30(21)22)29-14-12-28(13-15-29)23(31)18-10-8-17(3)9-11-18/h4-11,16H,12-15H2,1-3H3. The van der Waals surface area contributed by atoms with E-state index in [9.17, 15) is 4.79 Å². The number of para-hydroxylation sites is 1. The predicted molar refractivity (Wildman–Crippen MR) is 122 cm³/mol. The Morgan fingerprint density at radius 2 is 1.65 bits per heavy atom. The third-order valence-corrected chi connectivity index (χ3v) is 5.92. The second-order valence-corrected chi connectivity index (χ2v) is 8.45. The third kappa shape index (κ3) is 3.40. The lowest BCUT2D eigenvalue weighted by Gasteiger charge is -2.35. The van der Waals surface area contributed by atoms with Crippen molar-refractivity contribution < 1.29 is 4.79 Å². The van der Waals surface area contributed by atoms with Crippen LogP contribution in [0.2, 0.25) is 0 Å². The van der Waals surface area contributed by atoms with E-state index in [4.69, 9.17) is 4.98 Å². The van der Waals surface area contributed by atoms with Gasteiger partial charge in [0.05, 0.1) is 5.52 Å². The molecule has 0 radical (unpaired) electrons. The van der Waals surface area contributed by atoms with Crippen molar-refractivity contribution in [2.24, 2.45) is 0 Å². The van der Waals surface area contributed by atoms with E-state index in [0.29, 0.717) is 26.2 Å². The van der Waals surface area contributed by atoms with Crippen molar-refractivity contribution in [1.29, 1.82) is 0 Å². The molecule has 31 heavy (non-hydrogen) atoms. The van der Waals surface area contributed by atoms with Gasteiger partial charge >= 0.3 is 0 Å². The molecule has 1 saturated heterocycles. The summed E-state index contributed by atoms with van der Waals surface area (Å²) in [5.74, 6) is 2.07. The molecular weight excluding hydrogens is 388 g/mol. The van der Waals surface area contributed by atoms with E-state index < -0.39 is 0 Å². The number of fused-ring (bicyclic) bond motifs is 3. The van der Waals surface area contributed by atoms with Gasteiger partial charge in [0.15, 0.2) is 5.65 Å². The van der Waals surface area contributed by atoms with Crippen LogP contribution in [0.1, 0.15) is 41.5 Å². The molecule has 0 atom stereocenters. The van der Waals surface area contributed by atoms with Crippen molar-refractivity contribution in [3.63, 3.8) is 0 Å². The number of carbonyl (C=O) groups is 1. The maximum atomic E-state index is 12.9. The van der Waals surface area contributed by atoms with Crippen LogP contribution in [0.4, 0.5) is 5.95 Å². The number of nitrogens with zero attached hydrogens (tertiary/aromatic N) is 6. The molecule has 1 amide bonds. The fourth-order valence-corrected chi connectivity index (χ4v) is 4.16. The second kappa shape index (κ2) is 7.65. The first-order valence-electron chi connectivity index (χ1n) is 10.8. The summed E-state index contributed by atoms with van der Waals surface area (Å²) >= 11 is 0. The van der Waals surface area contributed by atoms with Crippen LogP contribution in [-0.4, -0.2) is 56.6 Å². The number of amides is 1. The van der Waals surface area contributed by atoms with Crippen molar-refractivity contribution in [3.05, 3.63) is 65.5 Å². The summed E-state index contributed by atoms with van der Waals surface area (Å²) in [5.41, 5.74) is 3.64. The summed E-state index contributed by atoms with van der Waals surface area (Å²) in [6.07, 6.45) is 0. The van der Waals surface area contributed by atoms with Crippen LogP contribution in [0.5, 0.6) is 0 Å². The normalized spacial score (nSPS) is 14.7. The monoisotopic (exact) mass is 414 g/mol. The topological polar surface area (TPSA) is 66.6 Å². The molecule has 158 valence electrons. The van der Waals surface area contributed by atoms with E-state index in [-0.39, 0.29) is 11.8 Å². The number of benzene rings is 2. The molecule has 7 heteroatoms. The summed E-state index contributed by atoms with van der Waals surface area (Å²) < 4.78 is 2.09. The molecule has 1 fully saturated rings. The fourth-order valence-electron chi connectivity index (χ4n) is 4.16. The Morgan fingerprint density at radius 1 is 0.935 bits per heavy atom. The van der Waals surface area contributed by atoms with E-state index in [1.54, 1.807) is 0 Å². The SMILES string of the molecule is Cc1ccc(C(=O)N2CCN(c3nc4ccccc4c4nnc(C(C)C)n34)CC2)cc1. The highest BCUT2D eigenvalue weighted by Gasteiger charge is 2.26. The number of anilines is 1. The first kappa shape index (κ1) is 19.5. The minimum absolute atomic E-state index is 0.0865. The molecule has 4 aromatic rings. The Bertz CT molecular complexity index is 1250. The average molecular weight is 415 g/mol. The highest BCUT2D eigenvalue weighted by Crippen LogP contribution is 2.27. The van der Waals surface area contributed by atoms with Crippen LogP contribution < -0.4 is 4.90 Å². The minimum Gasteiger partial charge on any atom is -0.338 e. The van der Waals surface area contributed by atoms with Gasteiger partial charge in [-0.15, -0.1) is 10.2 Å². The van der Waals surface area contributed by atoms with Gasteiger partial charge in [-0.05, 0) is 31.2 Å². The second-order valence-electron chi connectivity index (χ2n) is 8.45. The third-order valence-electron chi connectivity index (χ3n) is 5.92. The number of rotatable bonds is 3. The van der Waals surface area contributed by atoms with E-state index in [2.05, 4.69) is 33.3 Å². The van der Waals surface area contributed by atoms with Crippen LogP contribution in [0.25, 0.3) is 16.6 Å². The molecule has 2 aromatic heterocycles. The van der Waals surface area contributed by atoms with Crippen molar-refractivity contribution in [2.45, 2.75) is 26.7 Å². The zero-order valence-electron chi connectivity index (χ0n) is 18.1. The molecule has 0 N–H and O–H groups in total. The number of hydrogen-bond acceptors (Lipinski definition) is 5. The summed E-state index contributed by atoms with van der Waals surface area (Å²) in [7, 11) is 0. The van der Waals surface area contributed by atoms with E-state index in [1.165, 1.54) is 0 Å². The van der Waals surface area contributed by atoms with Crippen molar-refractivity contribution >= 4 is 28.4 Å². The van der Waals surface area contributed by atoms with Gasteiger partial charge in [-0.25, -0.2) is 9.38 Å². The lowest BCUT2D eigenvalue weighted by Crippen LogP contribution is -2.49. The number of aryl methyl sites for hydroxylation is 1. The number of hydrogen-bond donors (Lipinski definition) is 0. The average Bonchev–Trinajstić information content (AvgIpc) is 3.25. The quantitative estimate of drug-likeness (QED) is 0.512. The molecule has 0 spiro atoms. The summed E-state index contributed by atoms with van der Waals surface area (Å²) in [5, 5.41) is 9.97. The largest absolute Gasteiger partial charge is 0.338 e. The maximum Gasteiger partial charge on any atom is 0.253 e. The van der Waals surface area contributed by atoms with Crippen molar-refractivity contribution in [1.82, 2.24) is 24.5 Å². The fraction of sp³-hybridized carbons (Fsp3) is 0.333. The number of aromatic nitrogens is 4. The maximum absolute atomic E-state index is 12.9. The lowest BCUT2D eigenvalue weighted by atomic mass is 10.1. The molecule has 1 aliphatic rings. The van der Waals surface area contributed by atoms with E-state index in [0.717, 1.165) is 39.4 Å². The molecular formula is C24H26N6O. The Morgan fingerprint density at radius 3 is 2.35 bits per heavy atom. The zero-order chi connectivity index (χ0) is 21.5. The van der Waals surface area contributed by atoms with Gasteiger partial charge in [0.2, 0.25) is 5.95 Å². The smallest absolute Gasteiger partial charge is 0.253 e. The molecule has 0 unspecified atom stereocenters. The van der Waals surface area contributed by atoms with Crippen LogP contribution >= 0.6 is 0 Å². The van der Waals surface area contributed by atoms with Gasteiger partial charge in [0.1, 0.15) is 5.82 Å². The van der Waals surface area contributed by atoms with Gasteiger partial charge in [-0.1, -0.05) is 43.7 Å². The summed E-state index contributed by atoms with van der Waals surface area (Å²) in [6.45, 7) is 9.01. The molecule has 0 aliphatic carbocycles. The molecule has 0 bridgehead atoms. The summed E-state index contributed by atoms with van der Waals surface area (Å²) in [6, 6.07) is 15.8. The van der Waals surface area contributed by atoms with Gasteiger partial charge in [0, 0.05) is 43.0 Å². The first-order chi connectivity index (χ1) is 15.0. The number of carbonyl (C=O) groups excluding carboxylic acids is 1. The lowest BCUT2D eigenvalue weighted by molar-refractivity contribution is 0.0746. The Hall–Kier alpha value is -3.48. The molecule has 0 saturated carbocycles. The summed E-state index contributed by atoms with van der Waals surface area (Å²) in [4.78, 5) is 22.1. The minimum atomic E-state index is 0.0865. The predicted octanol–water partition coefficient (Wildman–Crippen LogP) is 3.67. The van der Waals surface area contributed by atoms with Gasteiger partial charge in [0.25, 0.3) is 5.91 Å². The molecule has 5 rings (SSSR count). The van der Waals surface area contributed by atoms with Gasteiger partial charge in [-0.3, -0.25) is 4.79 Å². The Balaban J connectivity index is 1.47. The molecule has 1 aliphatic heterocycles. The first-order valence-corrected chi connectivity index (χ1v) is 10.8. The van der Waals surface area contributed by atoms with E-state index in [1.807, 2.05) is 60.4 Å². The van der Waals surface area contributed by atoms with Crippen molar-refractivity contribution in [2.75, 3.05) is 31.1 Å². The van der Waals surface area contributed by atoms with Crippen LogP contribution in [-0.2, 0) is 0 Å². The zero-order valence-corrected chi connectivity index (χ0v) is 18.1. The molecule has 2 aromatic carbocycles. The molecule has 7 nitrogen and oxygen atoms in total. The van der Waals surface area contributed by atoms with Crippen LogP contribution in [0, 0.1) is 6.92 Å². The molecule has 3 heterocycles. The van der Waals surface area contributed by atoms with Crippen LogP contribution in [0.15, 0.2) is 48.5 Å². The highest BCUT2D eigenvalue weighted by atomic mass is 16.2. The Labute approximate surface area is 181 Å². The van der Waals surface area contributed by atoms with E-state index >= 15 is 0 Å².